The minimum absolute atomic E-state index is 0.0375. The second kappa shape index (κ2) is 4.30. The number of amides is 1. The van der Waals surface area contributed by atoms with Gasteiger partial charge in [-0.1, -0.05) is 6.07 Å². The van der Waals surface area contributed by atoms with Gasteiger partial charge in [0, 0.05) is 4.88 Å². The Morgan fingerprint density at radius 1 is 1.47 bits per heavy atom. The van der Waals surface area contributed by atoms with E-state index in [1.807, 2.05) is 13.0 Å². The van der Waals surface area contributed by atoms with E-state index in [2.05, 4.69) is 21.7 Å². The van der Waals surface area contributed by atoms with Gasteiger partial charge in [0.2, 0.25) is 5.91 Å². The van der Waals surface area contributed by atoms with Crippen LogP contribution >= 0.6 is 11.3 Å². The molecule has 1 amide bonds. The third-order valence-electron chi connectivity index (χ3n) is 4.55. The molecule has 5 unspecified atom stereocenters. The number of hydrogen-bond donors (Lipinski definition) is 1. The first kappa shape index (κ1) is 11.9. The highest BCUT2D eigenvalue weighted by molar-refractivity contribution is 7.10. The van der Waals surface area contributed by atoms with Crippen molar-refractivity contribution >= 4 is 17.2 Å². The Balaban J connectivity index is 1.65. The van der Waals surface area contributed by atoms with Crippen molar-refractivity contribution in [3.63, 3.8) is 0 Å². The van der Waals surface area contributed by atoms with Gasteiger partial charge in [0.1, 0.15) is 6.17 Å². The molecule has 3 aliphatic rings. The molecule has 3 saturated heterocycles. The van der Waals surface area contributed by atoms with Crippen LogP contribution in [0.3, 0.4) is 0 Å². The third kappa shape index (κ3) is 1.75. The van der Waals surface area contributed by atoms with Crippen LogP contribution in [0.1, 0.15) is 37.2 Å². The molecule has 0 aliphatic carbocycles. The van der Waals surface area contributed by atoms with Crippen LogP contribution in [0.15, 0.2) is 17.5 Å². The summed E-state index contributed by atoms with van der Waals surface area (Å²) < 4.78 is 5.93. The van der Waals surface area contributed by atoms with Crippen molar-refractivity contribution in [1.82, 2.24) is 10.2 Å². The Morgan fingerprint density at radius 3 is 3.00 bits per heavy atom. The molecule has 4 heterocycles. The van der Waals surface area contributed by atoms with E-state index >= 15 is 0 Å². The topological polar surface area (TPSA) is 41.6 Å². The molecule has 2 bridgehead atoms. The van der Waals surface area contributed by atoms with E-state index in [1.165, 1.54) is 4.88 Å². The summed E-state index contributed by atoms with van der Waals surface area (Å²) in [7, 11) is 0. The molecule has 3 aliphatic heterocycles. The second-order valence-corrected chi connectivity index (χ2v) is 6.71. The average Bonchev–Trinajstić information content (AvgIpc) is 3.14. The maximum atomic E-state index is 12.5. The van der Waals surface area contributed by atoms with E-state index in [0.717, 1.165) is 19.3 Å². The summed E-state index contributed by atoms with van der Waals surface area (Å²) in [5.41, 5.74) is 0. The van der Waals surface area contributed by atoms with Gasteiger partial charge in [-0.25, -0.2) is 0 Å². The number of ether oxygens (including phenoxy) is 1. The Bertz CT molecular complexity index is 490. The van der Waals surface area contributed by atoms with Crippen molar-refractivity contribution in [2.24, 2.45) is 0 Å². The highest BCUT2D eigenvalue weighted by Crippen LogP contribution is 2.42. The fraction of sp³-hybridized carbons (Fsp3) is 0.643. The standard InChI is InChI=1S/C14H18N2O2S/c1-8-14(17)16(10-7-9-4-5-11(10)18-9)13(15-8)12-3-2-6-19-12/h2-3,6,8-11,13,15H,4-5,7H2,1H3. The number of carbonyl (C=O) groups excluding carboxylic acids is 1. The molecule has 5 heteroatoms. The summed E-state index contributed by atoms with van der Waals surface area (Å²) in [6.45, 7) is 1.96. The fourth-order valence-corrected chi connectivity index (χ4v) is 4.45. The molecule has 5 atom stereocenters. The molecule has 4 nitrogen and oxygen atoms in total. The molecule has 3 fully saturated rings. The third-order valence-corrected chi connectivity index (χ3v) is 5.48. The number of nitrogens with one attached hydrogen (secondary N) is 1. The zero-order valence-electron chi connectivity index (χ0n) is 10.9. The first-order chi connectivity index (χ1) is 9.24. The number of nitrogens with zero attached hydrogens (tertiary/aromatic N) is 1. The average molecular weight is 278 g/mol. The van der Waals surface area contributed by atoms with Gasteiger partial charge in [0.15, 0.2) is 0 Å². The van der Waals surface area contributed by atoms with Crippen LogP contribution in [0.5, 0.6) is 0 Å². The minimum Gasteiger partial charge on any atom is -0.373 e. The van der Waals surface area contributed by atoms with Gasteiger partial charge >= 0.3 is 0 Å². The van der Waals surface area contributed by atoms with Gasteiger partial charge in [-0.2, -0.15) is 0 Å². The monoisotopic (exact) mass is 278 g/mol. The summed E-state index contributed by atoms with van der Waals surface area (Å²) in [6.07, 6.45) is 3.94. The van der Waals surface area contributed by atoms with Crippen molar-refractivity contribution in [3.8, 4) is 0 Å². The quantitative estimate of drug-likeness (QED) is 0.898. The Hall–Kier alpha value is -0.910. The van der Waals surface area contributed by atoms with Crippen LogP contribution in [0.4, 0.5) is 0 Å². The van der Waals surface area contributed by atoms with Crippen molar-refractivity contribution in [2.75, 3.05) is 0 Å². The van der Waals surface area contributed by atoms with Crippen LogP contribution in [0.25, 0.3) is 0 Å². The molecule has 0 radical (unpaired) electrons. The predicted molar refractivity (Wildman–Crippen MR) is 72.8 cm³/mol. The summed E-state index contributed by atoms with van der Waals surface area (Å²) in [4.78, 5) is 15.8. The molecule has 0 aromatic carbocycles. The van der Waals surface area contributed by atoms with E-state index in [4.69, 9.17) is 4.74 Å². The normalized spacial score (nSPS) is 41.4. The fourth-order valence-electron chi connectivity index (χ4n) is 3.66. The lowest BCUT2D eigenvalue weighted by molar-refractivity contribution is -0.133. The SMILES string of the molecule is CC1NC(c2cccs2)N(C2CC3CCC2O3)C1=O. The molecule has 19 heavy (non-hydrogen) atoms. The van der Waals surface area contributed by atoms with E-state index < -0.39 is 0 Å². The van der Waals surface area contributed by atoms with Crippen LogP contribution in [0, 0.1) is 0 Å². The first-order valence-electron chi connectivity index (χ1n) is 7.01. The lowest BCUT2D eigenvalue weighted by Crippen LogP contribution is -2.45. The largest absolute Gasteiger partial charge is 0.373 e. The molecule has 0 saturated carbocycles. The van der Waals surface area contributed by atoms with E-state index in [0.29, 0.717) is 6.10 Å². The van der Waals surface area contributed by atoms with Gasteiger partial charge in [0.25, 0.3) is 0 Å². The van der Waals surface area contributed by atoms with Crippen molar-refractivity contribution in [2.45, 2.75) is 56.6 Å². The van der Waals surface area contributed by atoms with Gasteiger partial charge < -0.3 is 9.64 Å². The van der Waals surface area contributed by atoms with Crippen molar-refractivity contribution in [3.05, 3.63) is 22.4 Å². The zero-order valence-corrected chi connectivity index (χ0v) is 11.7. The maximum Gasteiger partial charge on any atom is 0.241 e. The summed E-state index contributed by atoms with van der Waals surface area (Å²) in [5, 5.41) is 5.49. The smallest absolute Gasteiger partial charge is 0.241 e. The van der Waals surface area contributed by atoms with Crippen LogP contribution in [-0.2, 0) is 9.53 Å². The van der Waals surface area contributed by atoms with Gasteiger partial charge in [-0.3, -0.25) is 10.1 Å². The Labute approximate surface area is 116 Å². The minimum atomic E-state index is -0.0915. The number of fused-ring (bicyclic) bond motifs is 2. The number of hydrogen-bond acceptors (Lipinski definition) is 4. The van der Waals surface area contributed by atoms with E-state index in [-0.39, 0.29) is 30.3 Å². The molecule has 0 spiro atoms. The van der Waals surface area contributed by atoms with Crippen molar-refractivity contribution < 1.29 is 9.53 Å². The number of rotatable bonds is 2. The lowest BCUT2D eigenvalue weighted by Gasteiger charge is -2.33. The molecule has 4 rings (SSSR count). The molecular weight excluding hydrogens is 260 g/mol. The predicted octanol–water partition coefficient (Wildman–Crippen LogP) is 1.89. The summed E-state index contributed by atoms with van der Waals surface area (Å²) >= 11 is 1.71. The highest BCUT2D eigenvalue weighted by Gasteiger charge is 2.50. The van der Waals surface area contributed by atoms with Gasteiger partial charge in [-0.15, -0.1) is 11.3 Å². The Morgan fingerprint density at radius 2 is 2.37 bits per heavy atom. The first-order valence-corrected chi connectivity index (χ1v) is 7.89. The Kier molecular flexibility index (Phi) is 2.69. The molecule has 1 aromatic heterocycles. The number of carbonyl (C=O) groups is 1. The molecule has 1 N–H and O–H groups in total. The van der Waals surface area contributed by atoms with E-state index in [1.54, 1.807) is 11.3 Å². The van der Waals surface area contributed by atoms with Crippen LogP contribution in [0.2, 0.25) is 0 Å². The number of thiophene rings is 1. The highest BCUT2D eigenvalue weighted by atomic mass is 32.1. The zero-order chi connectivity index (χ0) is 13.0. The van der Waals surface area contributed by atoms with Gasteiger partial charge in [-0.05, 0) is 37.6 Å². The maximum absolute atomic E-state index is 12.5. The van der Waals surface area contributed by atoms with E-state index in [9.17, 15) is 4.79 Å². The summed E-state index contributed by atoms with van der Waals surface area (Å²) in [6, 6.07) is 4.32. The van der Waals surface area contributed by atoms with Crippen LogP contribution < -0.4 is 5.32 Å². The second-order valence-electron chi connectivity index (χ2n) is 5.73. The molecule has 1 aromatic rings. The molecular formula is C14H18N2O2S. The lowest BCUT2D eigenvalue weighted by atomic mass is 9.94. The van der Waals surface area contributed by atoms with Crippen LogP contribution in [-0.4, -0.2) is 35.1 Å². The summed E-state index contributed by atoms with van der Waals surface area (Å²) in [5.74, 6) is 0.222. The van der Waals surface area contributed by atoms with Gasteiger partial charge in [0.05, 0.1) is 24.3 Å². The molecule has 102 valence electrons. The van der Waals surface area contributed by atoms with Crippen molar-refractivity contribution in [1.29, 1.82) is 0 Å².